The van der Waals surface area contributed by atoms with Gasteiger partial charge in [-0.25, -0.2) is 4.98 Å². The van der Waals surface area contributed by atoms with Gasteiger partial charge in [0, 0.05) is 6.92 Å². The molecule has 1 rings (SSSR count). The number of nitrogens with zero attached hydrogens (tertiary/aromatic N) is 1. The Kier molecular flexibility index (Phi) is 2.93. The lowest BCUT2D eigenvalue weighted by atomic mass is 10.2. The van der Waals surface area contributed by atoms with E-state index in [4.69, 9.17) is 10.8 Å². The molecule has 3 N–H and O–H groups in total. The first kappa shape index (κ1) is 10.3. The van der Waals surface area contributed by atoms with Crippen LogP contribution in [-0.2, 0) is 4.79 Å². The molecule has 0 aliphatic heterocycles. The summed E-state index contributed by atoms with van der Waals surface area (Å²) in [6, 6.07) is 3.36. The van der Waals surface area contributed by atoms with E-state index in [9.17, 15) is 9.59 Å². The fourth-order valence-corrected chi connectivity index (χ4v) is 0.947. The second-order valence-electron chi connectivity index (χ2n) is 2.82. The Hall–Kier alpha value is -1.75. The highest BCUT2D eigenvalue weighted by atomic mass is 16.4. The van der Waals surface area contributed by atoms with Crippen molar-refractivity contribution in [2.45, 2.75) is 13.0 Å². The van der Waals surface area contributed by atoms with E-state index in [0.717, 1.165) is 0 Å². The Morgan fingerprint density at radius 3 is 2.64 bits per heavy atom. The number of carbonyl (C=O) groups excluding carboxylic acids is 1. The highest BCUT2D eigenvalue weighted by Gasteiger charge is 2.16. The van der Waals surface area contributed by atoms with Crippen LogP contribution in [0.15, 0.2) is 18.2 Å². The smallest absolute Gasteiger partial charge is 0.326 e. The van der Waals surface area contributed by atoms with Crippen LogP contribution in [0.5, 0.6) is 0 Å². The molecule has 0 saturated heterocycles. The number of aromatic nitrogens is 1. The number of nitrogens with two attached hydrogens (primary N) is 1. The lowest BCUT2D eigenvalue weighted by Crippen LogP contribution is -2.22. The fraction of sp³-hybridized carbons (Fsp3) is 0.222. The van der Waals surface area contributed by atoms with Gasteiger partial charge >= 0.3 is 5.97 Å². The number of rotatable bonds is 3. The summed E-state index contributed by atoms with van der Waals surface area (Å²) in [5.74, 6) is -1.39. The average molecular weight is 194 g/mol. The summed E-state index contributed by atoms with van der Waals surface area (Å²) in [4.78, 5) is 25.3. The van der Waals surface area contributed by atoms with Gasteiger partial charge in [0.1, 0.15) is 11.7 Å². The zero-order valence-corrected chi connectivity index (χ0v) is 7.60. The summed E-state index contributed by atoms with van der Waals surface area (Å²) in [5, 5.41) is 8.61. The van der Waals surface area contributed by atoms with Gasteiger partial charge in [-0.1, -0.05) is 6.07 Å². The molecule has 74 valence electrons. The molecule has 14 heavy (non-hydrogen) atoms. The van der Waals surface area contributed by atoms with Crippen molar-refractivity contribution in [3.63, 3.8) is 0 Å². The second-order valence-corrected chi connectivity index (χ2v) is 2.82. The van der Waals surface area contributed by atoms with Crippen molar-refractivity contribution in [1.82, 2.24) is 4.98 Å². The van der Waals surface area contributed by atoms with Gasteiger partial charge in [0.25, 0.3) is 0 Å². The largest absolute Gasteiger partial charge is 0.480 e. The van der Waals surface area contributed by atoms with E-state index in [1.165, 1.54) is 19.1 Å². The van der Waals surface area contributed by atoms with Crippen LogP contribution < -0.4 is 5.73 Å². The van der Waals surface area contributed by atoms with Crippen LogP contribution in [0.4, 0.5) is 0 Å². The molecule has 5 nitrogen and oxygen atoms in total. The number of carboxylic acid groups (broad SMARTS) is 1. The number of Topliss-reactive ketones (excluding diaryl/α,β-unsaturated/α-hetero) is 1. The van der Waals surface area contributed by atoms with Gasteiger partial charge in [0.2, 0.25) is 0 Å². The van der Waals surface area contributed by atoms with Crippen LogP contribution in [0.25, 0.3) is 0 Å². The Bertz CT molecular complexity index is 376. The fourth-order valence-electron chi connectivity index (χ4n) is 0.947. The Morgan fingerprint density at radius 1 is 1.50 bits per heavy atom. The van der Waals surface area contributed by atoms with E-state index in [-0.39, 0.29) is 17.2 Å². The van der Waals surface area contributed by atoms with Crippen LogP contribution in [0.3, 0.4) is 0 Å². The molecule has 1 aromatic heterocycles. The number of pyridine rings is 1. The van der Waals surface area contributed by atoms with Crippen molar-refractivity contribution in [1.29, 1.82) is 0 Å². The van der Waals surface area contributed by atoms with E-state index in [1.54, 1.807) is 6.07 Å². The predicted molar refractivity (Wildman–Crippen MR) is 48.8 cm³/mol. The standard InChI is InChI=1S/C9H10N2O3/c1-5(12)6-3-2-4-7(11-6)8(10)9(13)14/h2-4,8H,10H2,1H3,(H,13,14)/t8-/m0/s1. The van der Waals surface area contributed by atoms with Crippen LogP contribution >= 0.6 is 0 Å². The summed E-state index contributed by atoms with van der Waals surface area (Å²) in [6.07, 6.45) is 0. The highest BCUT2D eigenvalue weighted by Crippen LogP contribution is 2.08. The van der Waals surface area contributed by atoms with Crippen molar-refractivity contribution in [2.75, 3.05) is 0 Å². The number of carbonyl (C=O) groups is 2. The van der Waals surface area contributed by atoms with Crippen molar-refractivity contribution in [3.8, 4) is 0 Å². The van der Waals surface area contributed by atoms with Gasteiger partial charge in [-0.2, -0.15) is 0 Å². The molecular formula is C9H10N2O3. The van der Waals surface area contributed by atoms with Crippen LogP contribution in [0.1, 0.15) is 29.1 Å². The number of aliphatic carboxylic acids is 1. The molecular weight excluding hydrogens is 184 g/mol. The van der Waals surface area contributed by atoms with E-state index >= 15 is 0 Å². The monoisotopic (exact) mass is 194 g/mol. The quantitative estimate of drug-likeness (QED) is 0.678. The minimum Gasteiger partial charge on any atom is -0.480 e. The first-order valence-electron chi connectivity index (χ1n) is 3.98. The summed E-state index contributed by atoms with van der Waals surface area (Å²) in [6.45, 7) is 1.36. The maximum atomic E-state index is 10.9. The molecule has 0 unspecified atom stereocenters. The zero-order valence-electron chi connectivity index (χ0n) is 7.60. The minimum absolute atomic E-state index is 0.185. The molecule has 1 atom stereocenters. The van der Waals surface area contributed by atoms with Crippen molar-refractivity contribution in [3.05, 3.63) is 29.6 Å². The van der Waals surface area contributed by atoms with Crippen LogP contribution in [0, 0.1) is 0 Å². The van der Waals surface area contributed by atoms with E-state index in [2.05, 4.69) is 4.98 Å². The van der Waals surface area contributed by atoms with E-state index in [1.807, 2.05) is 0 Å². The molecule has 0 spiro atoms. The minimum atomic E-state index is -1.19. The average Bonchev–Trinajstić information content (AvgIpc) is 2.16. The SMILES string of the molecule is CC(=O)c1cccc([C@H](N)C(=O)O)n1. The van der Waals surface area contributed by atoms with Crippen molar-refractivity contribution in [2.24, 2.45) is 5.73 Å². The molecule has 0 saturated carbocycles. The lowest BCUT2D eigenvalue weighted by Gasteiger charge is -2.05. The molecule has 0 radical (unpaired) electrons. The van der Waals surface area contributed by atoms with Crippen LogP contribution in [-0.4, -0.2) is 21.8 Å². The first-order chi connectivity index (χ1) is 6.52. The molecule has 1 heterocycles. The maximum Gasteiger partial charge on any atom is 0.326 e. The third-order valence-electron chi connectivity index (χ3n) is 1.72. The maximum absolute atomic E-state index is 10.9. The van der Waals surface area contributed by atoms with Gasteiger partial charge in [0.15, 0.2) is 5.78 Å². The van der Waals surface area contributed by atoms with E-state index in [0.29, 0.717) is 0 Å². The van der Waals surface area contributed by atoms with Gasteiger partial charge < -0.3 is 10.8 Å². The van der Waals surface area contributed by atoms with Gasteiger partial charge in [0.05, 0.1) is 5.69 Å². The third kappa shape index (κ3) is 2.14. The molecule has 0 amide bonds. The van der Waals surface area contributed by atoms with Gasteiger partial charge in [-0.3, -0.25) is 9.59 Å². The summed E-state index contributed by atoms with van der Waals surface area (Å²) in [5.41, 5.74) is 5.74. The first-order valence-corrected chi connectivity index (χ1v) is 3.98. The molecule has 0 aliphatic rings. The number of hydrogen-bond donors (Lipinski definition) is 2. The zero-order chi connectivity index (χ0) is 10.7. The Morgan fingerprint density at radius 2 is 2.14 bits per heavy atom. The Labute approximate surface area is 80.6 Å². The molecule has 1 aromatic rings. The van der Waals surface area contributed by atoms with Crippen molar-refractivity contribution >= 4 is 11.8 Å². The van der Waals surface area contributed by atoms with Gasteiger partial charge in [-0.05, 0) is 12.1 Å². The molecule has 0 aliphatic carbocycles. The third-order valence-corrected chi connectivity index (χ3v) is 1.72. The molecule has 5 heteroatoms. The van der Waals surface area contributed by atoms with Gasteiger partial charge in [-0.15, -0.1) is 0 Å². The molecule has 0 aromatic carbocycles. The molecule has 0 fully saturated rings. The second kappa shape index (κ2) is 3.97. The normalized spacial score (nSPS) is 12.1. The lowest BCUT2D eigenvalue weighted by molar-refractivity contribution is -0.138. The summed E-state index contributed by atoms with van der Waals surface area (Å²) in [7, 11) is 0. The Balaban J connectivity index is 3.05. The topological polar surface area (TPSA) is 93.3 Å². The van der Waals surface area contributed by atoms with E-state index < -0.39 is 12.0 Å². The summed E-state index contributed by atoms with van der Waals surface area (Å²) < 4.78 is 0. The number of carboxylic acids is 1. The number of hydrogen-bond acceptors (Lipinski definition) is 4. The summed E-state index contributed by atoms with van der Waals surface area (Å²) >= 11 is 0. The number of ketones is 1. The van der Waals surface area contributed by atoms with Crippen LogP contribution in [0.2, 0.25) is 0 Å². The van der Waals surface area contributed by atoms with Crippen molar-refractivity contribution < 1.29 is 14.7 Å². The highest BCUT2D eigenvalue weighted by molar-refractivity contribution is 5.92. The molecule has 0 bridgehead atoms. The predicted octanol–water partition coefficient (Wildman–Crippen LogP) is 0.369.